The minimum absolute atomic E-state index is 0.0169. The molecule has 1 fully saturated rings. The third-order valence-corrected chi connectivity index (χ3v) is 10.5. The molecular formula is C28H34FN5O4Si. The highest BCUT2D eigenvalue weighted by Gasteiger charge is 2.66. The van der Waals surface area contributed by atoms with Crippen LogP contribution in [0.15, 0.2) is 54.7 Å². The summed E-state index contributed by atoms with van der Waals surface area (Å²) in [5.41, 5.74) is 1.52. The molecule has 2 aliphatic rings. The second-order valence-corrected chi connectivity index (χ2v) is 14.7. The lowest BCUT2D eigenvalue weighted by Crippen LogP contribution is -2.44. The number of benzene rings is 2. The molecule has 1 N–H and O–H groups in total. The molecule has 206 valence electrons. The molecule has 0 aliphatic carbocycles. The summed E-state index contributed by atoms with van der Waals surface area (Å²) in [6.07, 6.45) is 2.87. The third-order valence-electron chi connectivity index (χ3n) is 8.09. The number of halogens is 1. The zero-order chi connectivity index (χ0) is 27.9. The molecule has 0 radical (unpaired) electrons. The molecule has 0 saturated carbocycles. The molecule has 1 spiro atoms. The molecule has 11 heteroatoms. The van der Waals surface area contributed by atoms with Gasteiger partial charge in [-0.25, -0.2) is 0 Å². The predicted molar refractivity (Wildman–Crippen MR) is 148 cm³/mol. The molecule has 4 atom stereocenters. The van der Waals surface area contributed by atoms with Gasteiger partial charge in [0.25, 0.3) is 5.91 Å². The average molecular weight is 552 g/mol. The van der Waals surface area contributed by atoms with Gasteiger partial charge in [0.2, 0.25) is 14.8 Å². The van der Waals surface area contributed by atoms with Crippen molar-refractivity contribution in [3.8, 4) is 0 Å². The number of likely N-dealkylation sites (N-methyl/N-ethyl adjacent to an activating group) is 1. The molecule has 3 heterocycles. The van der Waals surface area contributed by atoms with E-state index in [-0.39, 0.29) is 12.5 Å². The van der Waals surface area contributed by atoms with Crippen LogP contribution in [0.2, 0.25) is 18.6 Å². The Balaban J connectivity index is 1.53. The number of nitrogens with zero attached hydrogens (tertiary/aromatic N) is 5. The number of ether oxygens (including phenoxy) is 1. The molecule has 0 unspecified atom stereocenters. The fraction of sp³-hybridized carbons (Fsp3) is 0.429. The minimum Gasteiger partial charge on any atom is -0.396 e. The van der Waals surface area contributed by atoms with Crippen LogP contribution in [0.5, 0.6) is 0 Å². The zero-order valence-corrected chi connectivity index (χ0v) is 23.6. The molecule has 1 aromatic heterocycles. The van der Waals surface area contributed by atoms with E-state index in [2.05, 4.69) is 10.3 Å². The molecule has 5 rings (SSSR count). The van der Waals surface area contributed by atoms with E-state index in [9.17, 15) is 14.7 Å². The Bertz CT molecular complexity index is 1360. The van der Waals surface area contributed by atoms with Crippen LogP contribution in [-0.2, 0) is 32.9 Å². The van der Waals surface area contributed by atoms with Crippen LogP contribution in [0.1, 0.15) is 24.6 Å². The number of aliphatic hydroxyl groups excluding tert-OH is 1. The number of carbonyl (C=O) groups excluding carboxylic acids is 2. The highest BCUT2D eigenvalue weighted by Crippen LogP contribution is 2.60. The van der Waals surface area contributed by atoms with Crippen molar-refractivity contribution < 1.29 is 23.5 Å². The smallest absolute Gasteiger partial charge is 0.264 e. The maximum Gasteiger partial charge on any atom is 0.264 e. The SMILES string of the molecule is C[C@@H]1[C@@H]([Si](C)(C)F)[C@H](CCn2cc(CCO)nn2)O[C@@]12C(=O)N(C)c1ccc(N(C=O)c3ccccc3)cc12. The standard InChI is InChI=1S/C28H34FN5O4Si/c1-19-26(39(3,4)29)25(12-14-33-17-20(13-15-35)30-31-33)38-28(19)23-16-22(10-11-24(23)32(2)27(28)37)34(18-36)21-8-6-5-7-9-21/h5-11,16-19,25-26,35H,12-15H2,1-4H3/t19-,25+,26-,28+/m1/s1. The number of hydrogen-bond donors (Lipinski definition) is 1. The van der Waals surface area contributed by atoms with Crippen molar-refractivity contribution in [3.05, 3.63) is 66.0 Å². The number of aryl methyl sites for hydroxylation is 1. The van der Waals surface area contributed by atoms with Crippen LogP contribution in [0.3, 0.4) is 0 Å². The zero-order valence-electron chi connectivity index (χ0n) is 22.6. The van der Waals surface area contributed by atoms with E-state index in [1.807, 2.05) is 49.4 Å². The van der Waals surface area contributed by atoms with E-state index in [4.69, 9.17) is 4.74 Å². The van der Waals surface area contributed by atoms with Crippen molar-refractivity contribution in [2.45, 2.75) is 56.7 Å². The van der Waals surface area contributed by atoms with Crippen molar-refractivity contribution in [1.29, 1.82) is 0 Å². The highest BCUT2D eigenvalue weighted by atomic mass is 28.4. The van der Waals surface area contributed by atoms with Gasteiger partial charge in [-0.1, -0.05) is 30.3 Å². The lowest BCUT2D eigenvalue weighted by Gasteiger charge is -2.31. The number of para-hydroxylation sites is 1. The summed E-state index contributed by atoms with van der Waals surface area (Å²) < 4.78 is 24.3. The third kappa shape index (κ3) is 4.58. The van der Waals surface area contributed by atoms with Crippen LogP contribution in [0.4, 0.5) is 21.2 Å². The van der Waals surface area contributed by atoms with Gasteiger partial charge in [0, 0.05) is 61.2 Å². The van der Waals surface area contributed by atoms with Gasteiger partial charge < -0.3 is 18.9 Å². The van der Waals surface area contributed by atoms with Crippen LogP contribution in [0, 0.1) is 5.92 Å². The van der Waals surface area contributed by atoms with E-state index in [0.717, 1.165) is 6.41 Å². The number of aromatic nitrogens is 3. The Hall–Kier alpha value is -3.41. The predicted octanol–water partition coefficient (Wildman–Crippen LogP) is 3.95. The minimum atomic E-state index is -3.30. The van der Waals surface area contributed by atoms with Gasteiger partial charge in [0.1, 0.15) is 0 Å². The summed E-state index contributed by atoms with van der Waals surface area (Å²) in [6, 6.07) is 14.7. The summed E-state index contributed by atoms with van der Waals surface area (Å²) in [5, 5.41) is 17.4. The Morgan fingerprint density at radius 3 is 2.62 bits per heavy atom. The first-order chi connectivity index (χ1) is 18.6. The lowest BCUT2D eigenvalue weighted by atomic mass is 9.82. The Morgan fingerprint density at radius 1 is 1.21 bits per heavy atom. The fourth-order valence-electron chi connectivity index (χ4n) is 6.36. The molecule has 39 heavy (non-hydrogen) atoms. The fourth-order valence-corrected chi connectivity index (χ4v) is 8.90. The number of fused-ring (bicyclic) bond motifs is 2. The maximum atomic E-state index is 16.0. The number of rotatable bonds is 9. The quantitative estimate of drug-likeness (QED) is 0.246. The van der Waals surface area contributed by atoms with E-state index >= 15 is 4.11 Å². The molecule has 1 saturated heterocycles. The normalized spacial score (nSPS) is 24.4. The summed E-state index contributed by atoms with van der Waals surface area (Å²) in [6.45, 7) is 5.68. The monoisotopic (exact) mass is 551 g/mol. The average Bonchev–Trinajstić information content (AvgIpc) is 3.55. The van der Waals surface area contributed by atoms with E-state index in [0.29, 0.717) is 47.7 Å². The number of carbonyl (C=O) groups is 2. The van der Waals surface area contributed by atoms with Gasteiger partial charge in [-0.3, -0.25) is 19.2 Å². The summed E-state index contributed by atoms with van der Waals surface area (Å²) >= 11 is 0. The molecular weight excluding hydrogens is 517 g/mol. The van der Waals surface area contributed by atoms with Gasteiger partial charge in [0.15, 0.2) is 5.60 Å². The molecule has 2 aromatic carbocycles. The molecule has 2 amide bonds. The number of aliphatic hydroxyl groups is 1. The second kappa shape index (κ2) is 10.3. The highest BCUT2D eigenvalue weighted by molar-refractivity contribution is 6.72. The molecule has 0 bridgehead atoms. The summed E-state index contributed by atoms with van der Waals surface area (Å²) in [5.74, 6) is -0.654. The van der Waals surface area contributed by atoms with Crippen molar-refractivity contribution in [1.82, 2.24) is 15.0 Å². The largest absolute Gasteiger partial charge is 0.396 e. The first-order valence-corrected chi connectivity index (χ1v) is 16.2. The van der Waals surface area contributed by atoms with E-state index in [1.54, 1.807) is 42.0 Å². The summed E-state index contributed by atoms with van der Waals surface area (Å²) in [7, 11) is -1.59. The molecule has 9 nitrogen and oxygen atoms in total. The number of hydrogen-bond acceptors (Lipinski definition) is 6. The van der Waals surface area contributed by atoms with Crippen LogP contribution in [-0.4, -0.2) is 60.6 Å². The second-order valence-electron chi connectivity index (χ2n) is 10.9. The Kier molecular flexibility index (Phi) is 7.17. The van der Waals surface area contributed by atoms with Crippen molar-refractivity contribution in [3.63, 3.8) is 0 Å². The van der Waals surface area contributed by atoms with Crippen molar-refractivity contribution >= 4 is 37.8 Å². The van der Waals surface area contributed by atoms with Gasteiger partial charge in [0.05, 0.1) is 17.5 Å². The Morgan fingerprint density at radius 2 is 1.95 bits per heavy atom. The number of anilines is 3. The maximum absolute atomic E-state index is 16.0. The summed E-state index contributed by atoms with van der Waals surface area (Å²) in [4.78, 5) is 29.2. The van der Waals surface area contributed by atoms with Gasteiger partial charge in [-0.15, -0.1) is 5.10 Å². The van der Waals surface area contributed by atoms with E-state index in [1.165, 1.54) is 4.90 Å². The van der Waals surface area contributed by atoms with Gasteiger partial charge in [-0.2, -0.15) is 0 Å². The first-order valence-electron chi connectivity index (χ1n) is 13.2. The lowest BCUT2D eigenvalue weighted by molar-refractivity contribution is -0.145. The van der Waals surface area contributed by atoms with E-state index < -0.39 is 31.6 Å². The van der Waals surface area contributed by atoms with Crippen molar-refractivity contribution in [2.24, 2.45) is 5.92 Å². The van der Waals surface area contributed by atoms with Gasteiger partial charge in [-0.05, 0) is 49.8 Å². The van der Waals surface area contributed by atoms with Gasteiger partial charge >= 0.3 is 0 Å². The molecule has 2 aliphatic heterocycles. The number of amides is 2. The van der Waals surface area contributed by atoms with Crippen LogP contribution in [0.25, 0.3) is 0 Å². The Labute approximate surface area is 228 Å². The van der Waals surface area contributed by atoms with Crippen molar-refractivity contribution in [2.75, 3.05) is 23.5 Å². The van der Waals surface area contributed by atoms with Crippen LogP contribution < -0.4 is 9.80 Å². The topological polar surface area (TPSA) is 101 Å². The van der Waals surface area contributed by atoms with Crippen LogP contribution >= 0.6 is 0 Å². The molecule has 3 aromatic rings. The first kappa shape index (κ1) is 27.2.